The van der Waals surface area contributed by atoms with Gasteiger partial charge in [0.05, 0.1) is 5.56 Å². The minimum atomic E-state index is -1.01. The van der Waals surface area contributed by atoms with E-state index in [9.17, 15) is 4.79 Å². The van der Waals surface area contributed by atoms with Crippen molar-refractivity contribution in [1.82, 2.24) is 0 Å². The summed E-state index contributed by atoms with van der Waals surface area (Å²) < 4.78 is 10.2. The molecule has 0 fully saturated rings. The Labute approximate surface area is 78.4 Å². The zero-order valence-electron chi connectivity index (χ0n) is 6.96. The number of ether oxygens (including phenoxy) is 2. The molecule has 4 heteroatoms. The van der Waals surface area contributed by atoms with Crippen LogP contribution in [0, 0.1) is 0 Å². The molecule has 0 bridgehead atoms. The predicted octanol–water partition coefficient (Wildman–Crippen LogP) is 1.48. The van der Waals surface area contributed by atoms with Gasteiger partial charge < -0.3 is 14.6 Å². The predicted molar refractivity (Wildman–Crippen MR) is 45.0 cm³/mol. The molecule has 3 aliphatic rings. The molecule has 0 saturated carbocycles. The third-order valence-electron chi connectivity index (χ3n) is 2.64. The highest BCUT2D eigenvalue weighted by molar-refractivity contribution is 6.02. The molecule has 2 aliphatic heterocycles. The summed E-state index contributed by atoms with van der Waals surface area (Å²) in [7, 11) is 0. The van der Waals surface area contributed by atoms with E-state index in [1.54, 1.807) is 0 Å². The van der Waals surface area contributed by atoms with Crippen LogP contribution in [0.4, 0.5) is 0 Å². The molecule has 1 N–H and O–H groups in total. The van der Waals surface area contributed by atoms with Crippen LogP contribution in [-0.4, -0.2) is 11.1 Å². The number of carboxylic acid groups (broad SMARTS) is 1. The van der Waals surface area contributed by atoms with E-state index in [-0.39, 0.29) is 5.76 Å². The molecule has 1 aliphatic carbocycles. The van der Waals surface area contributed by atoms with Crippen molar-refractivity contribution in [2.24, 2.45) is 0 Å². The normalized spacial score (nSPS) is 17.7. The highest BCUT2D eigenvalue weighted by Gasteiger charge is 2.44. The van der Waals surface area contributed by atoms with Gasteiger partial charge in [0.25, 0.3) is 5.76 Å². The molecule has 0 radical (unpaired) electrons. The van der Waals surface area contributed by atoms with E-state index in [1.165, 1.54) is 11.1 Å². The lowest BCUT2D eigenvalue weighted by Gasteiger charge is -1.82. The summed E-state index contributed by atoms with van der Waals surface area (Å²) in [6.45, 7) is 0. The average molecular weight is 188 g/mol. The number of rotatable bonds is 2. The van der Waals surface area contributed by atoms with Crippen LogP contribution in [0.25, 0.3) is 5.76 Å². The molecule has 4 rings (SSSR count). The fourth-order valence-electron chi connectivity index (χ4n) is 1.77. The van der Waals surface area contributed by atoms with Crippen molar-refractivity contribution in [3.63, 3.8) is 0 Å². The van der Waals surface area contributed by atoms with E-state index in [4.69, 9.17) is 14.6 Å². The number of carbonyl (C=O) groups is 1. The van der Waals surface area contributed by atoms with Crippen LogP contribution in [-0.2, 0) is 16.0 Å². The molecule has 14 heavy (non-hydrogen) atoms. The fourth-order valence-corrected chi connectivity index (χ4v) is 1.77. The number of carboxylic acids is 1. The molecule has 68 valence electrons. The molecule has 1 aromatic carbocycles. The van der Waals surface area contributed by atoms with E-state index in [2.05, 4.69) is 0 Å². The number of hydrogen-bond donors (Lipinski definition) is 1. The fraction of sp³-hybridized carbons (Fsp3) is 0.100. The minimum Gasteiger partial charge on any atom is -0.475 e. The van der Waals surface area contributed by atoms with Crippen molar-refractivity contribution >= 4 is 11.7 Å². The highest BCUT2D eigenvalue weighted by Crippen LogP contribution is 2.61. The zero-order valence-corrected chi connectivity index (χ0v) is 6.96. The summed E-state index contributed by atoms with van der Waals surface area (Å²) in [6, 6.07) is 1.95. The van der Waals surface area contributed by atoms with Gasteiger partial charge in [0.15, 0.2) is 17.3 Å². The van der Waals surface area contributed by atoms with E-state index in [0.29, 0.717) is 5.76 Å². The Hall–Kier alpha value is -1.97. The van der Waals surface area contributed by atoms with Gasteiger partial charge in [-0.1, -0.05) is 0 Å². The lowest BCUT2D eigenvalue weighted by Crippen LogP contribution is -1.88. The van der Waals surface area contributed by atoms with E-state index >= 15 is 0 Å². The van der Waals surface area contributed by atoms with Crippen molar-refractivity contribution in [3.05, 3.63) is 28.5 Å². The van der Waals surface area contributed by atoms with Gasteiger partial charge >= 0.3 is 5.97 Å². The molecule has 0 saturated heterocycles. The van der Waals surface area contributed by atoms with E-state index in [0.717, 1.165) is 23.5 Å². The maximum absolute atomic E-state index is 10.5. The first kappa shape index (κ1) is 6.48. The first-order valence-electron chi connectivity index (χ1n) is 4.28. The standard InChI is InChI=1S/C10H4O4/c11-10(12)9-8(14-9)5-2-3-1-4(3)6-7(5)13-6/h2H,1H2,(H,11,12). The third-order valence-corrected chi connectivity index (χ3v) is 2.64. The molecule has 0 spiro atoms. The van der Waals surface area contributed by atoms with Gasteiger partial charge in [-0.25, -0.2) is 4.79 Å². The van der Waals surface area contributed by atoms with Gasteiger partial charge in [0.1, 0.15) is 0 Å². The van der Waals surface area contributed by atoms with Crippen molar-refractivity contribution in [2.45, 2.75) is 6.42 Å². The SMILES string of the molecule is O=C(O)C1=C(c2cc3c(c4c2O4)C3)O1. The molecule has 0 aromatic heterocycles. The number of aliphatic carboxylic acids is 1. The minimum absolute atomic E-state index is 0.0447. The molecule has 2 heterocycles. The molecule has 0 atom stereocenters. The topological polar surface area (TPSA) is 62.4 Å². The molecular formula is C10H4O4. The summed E-state index contributed by atoms with van der Waals surface area (Å²) in [5, 5.41) is 8.65. The first-order valence-corrected chi connectivity index (χ1v) is 4.28. The Kier molecular flexibility index (Phi) is 0.758. The molecular weight excluding hydrogens is 184 g/mol. The maximum atomic E-state index is 10.5. The zero-order chi connectivity index (χ0) is 9.45. The lowest BCUT2D eigenvalue weighted by molar-refractivity contribution is -0.133. The quantitative estimate of drug-likeness (QED) is 0.618. The highest BCUT2D eigenvalue weighted by atomic mass is 16.6. The Morgan fingerprint density at radius 1 is 1.36 bits per heavy atom. The van der Waals surface area contributed by atoms with Crippen molar-refractivity contribution in [1.29, 1.82) is 0 Å². The van der Waals surface area contributed by atoms with Crippen LogP contribution in [0.3, 0.4) is 0 Å². The Balaban J connectivity index is 1.88. The summed E-state index contributed by atoms with van der Waals surface area (Å²) in [4.78, 5) is 10.5. The molecule has 0 unspecified atom stereocenters. The van der Waals surface area contributed by atoms with Crippen molar-refractivity contribution < 1.29 is 19.4 Å². The Bertz CT molecular complexity index is 554. The monoisotopic (exact) mass is 188 g/mol. The summed E-state index contributed by atoms with van der Waals surface area (Å²) >= 11 is 0. The van der Waals surface area contributed by atoms with E-state index in [1.807, 2.05) is 6.07 Å². The number of hydrogen-bond acceptors (Lipinski definition) is 3. The lowest BCUT2D eigenvalue weighted by atomic mass is 10.2. The van der Waals surface area contributed by atoms with Crippen LogP contribution >= 0.6 is 0 Å². The second-order valence-corrected chi connectivity index (χ2v) is 3.56. The molecule has 4 nitrogen and oxygen atoms in total. The van der Waals surface area contributed by atoms with Gasteiger partial charge in [0.2, 0.25) is 0 Å². The second-order valence-electron chi connectivity index (χ2n) is 3.56. The summed E-state index contributed by atoms with van der Waals surface area (Å²) in [6.07, 6.45) is 0.970. The van der Waals surface area contributed by atoms with Crippen LogP contribution < -0.4 is 4.74 Å². The van der Waals surface area contributed by atoms with Crippen LogP contribution in [0.5, 0.6) is 11.5 Å². The van der Waals surface area contributed by atoms with Gasteiger partial charge in [-0.15, -0.1) is 0 Å². The Morgan fingerprint density at radius 3 is 2.93 bits per heavy atom. The van der Waals surface area contributed by atoms with Gasteiger partial charge in [-0.3, -0.25) is 0 Å². The van der Waals surface area contributed by atoms with Crippen molar-refractivity contribution in [3.8, 4) is 11.5 Å². The van der Waals surface area contributed by atoms with Crippen molar-refractivity contribution in [2.75, 3.05) is 0 Å². The first-order chi connectivity index (χ1) is 6.75. The average Bonchev–Trinajstić information content (AvgIpc) is 2.97. The van der Waals surface area contributed by atoms with E-state index < -0.39 is 5.97 Å². The largest absolute Gasteiger partial charge is 0.475 e. The summed E-state index contributed by atoms with van der Waals surface area (Å²) in [5.74, 6) is 1.22. The number of benzene rings is 1. The maximum Gasteiger partial charge on any atom is 0.375 e. The Morgan fingerprint density at radius 2 is 2.21 bits per heavy atom. The van der Waals surface area contributed by atoms with Gasteiger partial charge in [-0.05, 0) is 11.6 Å². The van der Waals surface area contributed by atoms with Crippen LogP contribution in [0.2, 0.25) is 0 Å². The summed E-state index contributed by atoms with van der Waals surface area (Å²) in [5.41, 5.74) is 3.31. The van der Waals surface area contributed by atoms with Gasteiger partial charge in [-0.2, -0.15) is 0 Å². The van der Waals surface area contributed by atoms with Crippen LogP contribution in [0.1, 0.15) is 16.7 Å². The van der Waals surface area contributed by atoms with Gasteiger partial charge in [0, 0.05) is 12.0 Å². The van der Waals surface area contributed by atoms with Crippen LogP contribution in [0.15, 0.2) is 11.8 Å². The second kappa shape index (κ2) is 1.64. The number of fused-ring (bicyclic) bond motifs is 3. The molecule has 1 aromatic rings. The third kappa shape index (κ3) is 0.630. The smallest absolute Gasteiger partial charge is 0.375 e. The molecule has 0 amide bonds.